The Morgan fingerprint density at radius 2 is 1.58 bits per heavy atom. The summed E-state index contributed by atoms with van der Waals surface area (Å²) in [6.07, 6.45) is 1.50. The van der Waals surface area contributed by atoms with E-state index in [1.165, 1.54) is 6.20 Å². The SMILES string of the molecule is NC1=NC(=Nn2ncc3ccccc32)c2c(F)c(F)c(F)c(F)c21. The molecule has 5 nitrogen and oxygen atoms in total. The van der Waals surface area contributed by atoms with Crippen molar-refractivity contribution in [2.24, 2.45) is 15.8 Å². The van der Waals surface area contributed by atoms with Crippen molar-refractivity contribution in [2.45, 2.75) is 0 Å². The lowest BCUT2D eigenvalue weighted by molar-refractivity contribution is 0.407. The van der Waals surface area contributed by atoms with Crippen molar-refractivity contribution < 1.29 is 17.6 Å². The third kappa shape index (κ3) is 1.84. The zero-order chi connectivity index (χ0) is 17.0. The van der Waals surface area contributed by atoms with Gasteiger partial charge in [0.2, 0.25) is 0 Å². The molecule has 9 heteroatoms. The number of fused-ring (bicyclic) bond motifs is 2. The van der Waals surface area contributed by atoms with E-state index in [2.05, 4.69) is 15.2 Å². The molecule has 3 aromatic rings. The van der Waals surface area contributed by atoms with Crippen molar-refractivity contribution >= 4 is 22.6 Å². The quantitative estimate of drug-likeness (QED) is 0.422. The van der Waals surface area contributed by atoms with Crippen LogP contribution in [0, 0.1) is 23.3 Å². The van der Waals surface area contributed by atoms with Crippen LogP contribution in [0.2, 0.25) is 0 Å². The number of rotatable bonds is 1. The largest absolute Gasteiger partial charge is 0.383 e. The Morgan fingerprint density at radius 3 is 2.33 bits per heavy atom. The molecule has 0 saturated carbocycles. The first-order valence-corrected chi connectivity index (χ1v) is 6.71. The molecule has 0 saturated heterocycles. The molecular weight excluding hydrogens is 326 g/mol. The summed E-state index contributed by atoms with van der Waals surface area (Å²) in [5.41, 5.74) is 4.79. The second-order valence-electron chi connectivity index (χ2n) is 5.02. The fourth-order valence-corrected chi connectivity index (χ4v) is 2.51. The molecule has 0 unspecified atom stereocenters. The Morgan fingerprint density at radius 1 is 0.917 bits per heavy atom. The third-order valence-corrected chi connectivity index (χ3v) is 3.62. The minimum absolute atomic E-state index is 0.397. The summed E-state index contributed by atoms with van der Waals surface area (Å²) in [4.78, 5) is 4.83. The van der Waals surface area contributed by atoms with Gasteiger partial charge in [0.15, 0.2) is 29.1 Å². The average molecular weight is 333 g/mol. The molecule has 24 heavy (non-hydrogen) atoms. The van der Waals surface area contributed by atoms with Crippen molar-refractivity contribution in [3.8, 4) is 0 Å². The monoisotopic (exact) mass is 333 g/mol. The molecule has 0 fully saturated rings. The number of nitrogens with zero attached hydrogens (tertiary/aromatic N) is 4. The maximum Gasteiger partial charge on any atom is 0.198 e. The average Bonchev–Trinajstić information content (AvgIpc) is 3.13. The summed E-state index contributed by atoms with van der Waals surface area (Å²) < 4.78 is 54.9. The molecular formula is C15H7F4N5. The number of nitrogens with two attached hydrogens (primary N) is 1. The molecule has 0 bridgehead atoms. The number of amidine groups is 2. The van der Waals surface area contributed by atoms with Gasteiger partial charge in [-0.2, -0.15) is 5.10 Å². The smallest absolute Gasteiger partial charge is 0.198 e. The first-order valence-electron chi connectivity index (χ1n) is 6.71. The summed E-state index contributed by atoms with van der Waals surface area (Å²) in [5, 5.41) is 8.70. The van der Waals surface area contributed by atoms with Gasteiger partial charge < -0.3 is 5.73 Å². The summed E-state index contributed by atoms with van der Waals surface area (Å²) >= 11 is 0. The lowest BCUT2D eigenvalue weighted by Crippen LogP contribution is -2.16. The Bertz CT molecular complexity index is 1070. The van der Waals surface area contributed by atoms with E-state index in [0.29, 0.717) is 5.52 Å². The van der Waals surface area contributed by atoms with E-state index in [4.69, 9.17) is 5.73 Å². The van der Waals surface area contributed by atoms with E-state index in [-0.39, 0.29) is 0 Å². The second kappa shape index (κ2) is 4.88. The Labute approximate surface area is 131 Å². The zero-order valence-electron chi connectivity index (χ0n) is 11.8. The van der Waals surface area contributed by atoms with E-state index in [0.717, 1.165) is 10.2 Å². The summed E-state index contributed by atoms with van der Waals surface area (Å²) in [6.45, 7) is 0. The van der Waals surface area contributed by atoms with Crippen molar-refractivity contribution in [1.82, 2.24) is 9.89 Å². The van der Waals surface area contributed by atoms with E-state index in [1.54, 1.807) is 24.3 Å². The number of hydrogen-bond acceptors (Lipinski definition) is 3. The lowest BCUT2D eigenvalue weighted by atomic mass is 10.1. The molecule has 0 aliphatic carbocycles. The highest BCUT2D eigenvalue weighted by atomic mass is 19.2. The van der Waals surface area contributed by atoms with Gasteiger partial charge in [-0.1, -0.05) is 18.2 Å². The van der Waals surface area contributed by atoms with Crippen LogP contribution in [0.3, 0.4) is 0 Å². The van der Waals surface area contributed by atoms with E-state index in [9.17, 15) is 17.6 Å². The lowest BCUT2D eigenvalue weighted by Gasteiger charge is -2.06. The highest BCUT2D eigenvalue weighted by Crippen LogP contribution is 2.29. The van der Waals surface area contributed by atoms with E-state index in [1.807, 2.05) is 0 Å². The van der Waals surface area contributed by atoms with Gasteiger partial charge in [0.25, 0.3) is 0 Å². The van der Waals surface area contributed by atoms with Crippen LogP contribution in [-0.2, 0) is 0 Å². The Balaban J connectivity index is 1.98. The highest BCUT2D eigenvalue weighted by Gasteiger charge is 2.34. The van der Waals surface area contributed by atoms with Crippen molar-refractivity contribution in [1.29, 1.82) is 0 Å². The molecule has 0 spiro atoms. The molecule has 120 valence electrons. The molecule has 2 aromatic carbocycles. The first-order chi connectivity index (χ1) is 11.5. The van der Waals surface area contributed by atoms with Gasteiger partial charge in [0.05, 0.1) is 22.8 Å². The predicted octanol–water partition coefficient (Wildman–Crippen LogP) is 2.52. The molecule has 0 atom stereocenters. The van der Waals surface area contributed by atoms with Crippen LogP contribution in [0.1, 0.15) is 11.1 Å². The van der Waals surface area contributed by atoms with E-state index >= 15 is 0 Å². The molecule has 1 aromatic heterocycles. The summed E-state index contributed by atoms with van der Waals surface area (Å²) in [5.74, 6) is -8.00. The van der Waals surface area contributed by atoms with Crippen LogP contribution in [0.25, 0.3) is 10.9 Å². The zero-order valence-corrected chi connectivity index (χ0v) is 11.8. The van der Waals surface area contributed by atoms with Gasteiger partial charge in [-0.05, 0) is 6.07 Å². The molecule has 0 radical (unpaired) electrons. The number of benzene rings is 2. The maximum atomic E-state index is 14.1. The van der Waals surface area contributed by atoms with Gasteiger partial charge >= 0.3 is 0 Å². The Kier molecular flexibility index (Phi) is 2.92. The topological polar surface area (TPSA) is 68.6 Å². The van der Waals surface area contributed by atoms with Gasteiger partial charge in [-0.3, -0.25) is 0 Å². The maximum absolute atomic E-state index is 14.1. The third-order valence-electron chi connectivity index (χ3n) is 3.62. The van der Waals surface area contributed by atoms with Crippen molar-refractivity contribution in [2.75, 3.05) is 0 Å². The molecule has 0 amide bonds. The summed E-state index contributed by atoms with van der Waals surface area (Å²) in [7, 11) is 0. The number of hydrogen-bond donors (Lipinski definition) is 1. The second-order valence-corrected chi connectivity index (χ2v) is 5.02. The van der Waals surface area contributed by atoms with Crippen LogP contribution < -0.4 is 5.73 Å². The fraction of sp³-hybridized carbons (Fsp3) is 0. The van der Waals surface area contributed by atoms with Gasteiger partial charge in [-0.25, -0.2) is 22.6 Å². The molecule has 1 aliphatic heterocycles. The number of para-hydroxylation sites is 1. The molecule has 2 N–H and O–H groups in total. The van der Waals surface area contributed by atoms with Crippen LogP contribution >= 0.6 is 0 Å². The standard InChI is InChI=1S/C15H7F4N5/c16-10-8-9(11(17)13(19)12(10)18)15(22-14(8)20)23-24-7-4-2-1-3-6(7)5-21-24/h1-5H,(H2,20,22,23). The summed E-state index contributed by atoms with van der Waals surface area (Å²) in [6, 6.07) is 6.98. The number of halogens is 4. The predicted molar refractivity (Wildman–Crippen MR) is 78.7 cm³/mol. The normalized spacial score (nSPS) is 15.2. The first kappa shape index (κ1) is 14.4. The van der Waals surface area contributed by atoms with Gasteiger partial charge in [0.1, 0.15) is 5.84 Å². The van der Waals surface area contributed by atoms with Crippen molar-refractivity contribution in [3.05, 3.63) is 64.9 Å². The fourth-order valence-electron chi connectivity index (χ4n) is 2.51. The number of aliphatic imine (C=N–C) groups is 1. The van der Waals surface area contributed by atoms with E-state index < -0.39 is 46.1 Å². The van der Waals surface area contributed by atoms with Crippen molar-refractivity contribution in [3.63, 3.8) is 0 Å². The van der Waals surface area contributed by atoms with Crippen LogP contribution in [-0.4, -0.2) is 21.6 Å². The molecule has 1 aliphatic rings. The highest BCUT2D eigenvalue weighted by molar-refractivity contribution is 6.22. The Hall–Kier alpha value is -3.23. The minimum atomic E-state index is -1.95. The van der Waals surface area contributed by atoms with Gasteiger partial charge in [0, 0.05) is 5.39 Å². The number of aromatic nitrogens is 2. The van der Waals surface area contributed by atoms with Crippen LogP contribution in [0.5, 0.6) is 0 Å². The van der Waals surface area contributed by atoms with Gasteiger partial charge in [-0.15, -0.1) is 9.89 Å². The van der Waals surface area contributed by atoms with Crippen LogP contribution in [0.15, 0.2) is 40.6 Å². The molecule has 4 rings (SSSR count). The minimum Gasteiger partial charge on any atom is -0.383 e. The molecule has 2 heterocycles. The van der Waals surface area contributed by atoms with Crippen LogP contribution in [0.4, 0.5) is 17.6 Å².